The van der Waals surface area contributed by atoms with Gasteiger partial charge in [0.2, 0.25) is 0 Å². The van der Waals surface area contributed by atoms with Crippen molar-refractivity contribution < 1.29 is 0 Å². The minimum Gasteiger partial charge on any atom is -0.269 e. The second kappa shape index (κ2) is 4.60. The number of aryl methyl sites for hydroxylation is 3. The summed E-state index contributed by atoms with van der Waals surface area (Å²) < 4.78 is 1.59. The van der Waals surface area contributed by atoms with Gasteiger partial charge in [-0.1, -0.05) is 24.3 Å². The number of hydrogen-bond donors (Lipinski definition) is 0. The molecule has 0 aliphatic heterocycles. The first-order valence-corrected chi connectivity index (χ1v) is 6.63. The van der Waals surface area contributed by atoms with Gasteiger partial charge >= 0.3 is 0 Å². The van der Waals surface area contributed by atoms with Crippen LogP contribution in [0.15, 0.2) is 47.4 Å². The maximum atomic E-state index is 12.3. The predicted molar refractivity (Wildman–Crippen MR) is 81.1 cm³/mol. The summed E-state index contributed by atoms with van der Waals surface area (Å²) in [5, 5.41) is 0. The summed E-state index contributed by atoms with van der Waals surface area (Å²) >= 11 is 0. The maximum Gasteiger partial charge on any atom is 0.258 e. The van der Waals surface area contributed by atoms with Gasteiger partial charge in [-0.3, -0.25) is 9.20 Å². The molecule has 0 aliphatic rings. The van der Waals surface area contributed by atoms with E-state index in [4.69, 9.17) is 4.98 Å². The average Bonchev–Trinajstić information content (AvgIpc) is 2.40. The zero-order valence-electron chi connectivity index (χ0n) is 11.8. The first-order valence-electron chi connectivity index (χ1n) is 6.63. The Hall–Kier alpha value is -2.42. The molecule has 0 bridgehead atoms. The Morgan fingerprint density at radius 1 is 0.950 bits per heavy atom. The Morgan fingerprint density at radius 3 is 2.30 bits per heavy atom. The fourth-order valence-electron chi connectivity index (χ4n) is 2.61. The Kier molecular flexibility index (Phi) is 2.90. The highest BCUT2D eigenvalue weighted by Gasteiger charge is 2.10. The van der Waals surface area contributed by atoms with Crippen LogP contribution in [0.25, 0.3) is 16.9 Å². The quantitative estimate of drug-likeness (QED) is 0.676. The van der Waals surface area contributed by atoms with Crippen molar-refractivity contribution in [2.45, 2.75) is 20.8 Å². The van der Waals surface area contributed by atoms with Crippen LogP contribution in [-0.2, 0) is 0 Å². The largest absolute Gasteiger partial charge is 0.269 e. The number of fused-ring (bicyclic) bond motifs is 1. The lowest BCUT2D eigenvalue weighted by atomic mass is 10.00. The van der Waals surface area contributed by atoms with Gasteiger partial charge in [-0.25, -0.2) is 4.98 Å². The van der Waals surface area contributed by atoms with Gasteiger partial charge < -0.3 is 0 Å². The molecule has 0 N–H and O–H groups in total. The Balaban J connectivity index is 2.39. The van der Waals surface area contributed by atoms with E-state index in [9.17, 15) is 4.79 Å². The molecular formula is C17H16N2O. The van der Waals surface area contributed by atoms with Crippen molar-refractivity contribution in [3.63, 3.8) is 0 Å². The van der Waals surface area contributed by atoms with Crippen LogP contribution in [0.4, 0.5) is 0 Å². The van der Waals surface area contributed by atoms with Crippen molar-refractivity contribution in [3.05, 3.63) is 69.6 Å². The molecule has 3 heteroatoms. The molecule has 0 spiro atoms. The van der Waals surface area contributed by atoms with Crippen LogP contribution in [-0.4, -0.2) is 9.38 Å². The predicted octanol–water partition coefficient (Wildman–Crippen LogP) is 3.29. The summed E-state index contributed by atoms with van der Waals surface area (Å²) in [4.78, 5) is 17.0. The normalized spacial score (nSPS) is 10.9. The Labute approximate surface area is 117 Å². The van der Waals surface area contributed by atoms with E-state index in [1.54, 1.807) is 16.7 Å². The molecular weight excluding hydrogens is 248 g/mol. The van der Waals surface area contributed by atoms with Gasteiger partial charge in [0.1, 0.15) is 5.65 Å². The van der Waals surface area contributed by atoms with E-state index in [-0.39, 0.29) is 5.56 Å². The van der Waals surface area contributed by atoms with E-state index in [2.05, 4.69) is 0 Å². The van der Waals surface area contributed by atoms with Gasteiger partial charge in [-0.15, -0.1) is 0 Å². The first kappa shape index (κ1) is 12.6. The van der Waals surface area contributed by atoms with Crippen molar-refractivity contribution >= 4 is 5.65 Å². The summed E-state index contributed by atoms with van der Waals surface area (Å²) in [6.45, 7) is 6.06. The van der Waals surface area contributed by atoms with E-state index in [0.717, 1.165) is 33.6 Å². The molecule has 3 aromatic rings. The fourth-order valence-corrected chi connectivity index (χ4v) is 2.61. The monoisotopic (exact) mass is 264 g/mol. The van der Waals surface area contributed by atoms with Crippen molar-refractivity contribution in [1.82, 2.24) is 9.38 Å². The zero-order chi connectivity index (χ0) is 14.3. The standard InChI is InChI=1S/C17H16N2O/c1-11-6-4-7-12(2)16(11)14-10-15(20)19-9-5-8-13(3)17(19)18-14/h4-10H,1-3H3. The summed E-state index contributed by atoms with van der Waals surface area (Å²) in [5.74, 6) is 0. The fraction of sp³-hybridized carbons (Fsp3) is 0.176. The van der Waals surface area contributed by atoms with E-state index in [1.165, 1.54) is 0 Å². The molecule has 100 valence electrons. The van der Waals surface area contributed by atoms with Crippen LogP contribution in [0.5, 0.6) is 0 Å². The lowest BCUT2D eigenvalue weighted by Crippen LogP contribution is -2.15. The van der Waals surface area contributed by atoms with Gasteiger partial charge in [0.05, 0.1) is 5.69 Å². The maximum absolute atomic E-state index is 12.3. The minimum absolute atomic E-state index is 0.0450. The summed E-state index contributed by atoms with van der Waals surface area (Å²) in [7, 11) is 0. The number of nitrogens with zero attached hydrogens (tertiary/aromatic N) is 2. The molecule has 3 rings (SSSR count). The van der Waals surface area contributed by atoms with E-state index in [0.29, 0.717) is 0 Å². The summed E-state index contributed by atoms with van der Waals surface area (Å²) in [6, 6.07) is 11.6. The van der Waals surface area contributed by atoms with Crippen LogP contribution < -0.4 is 5.56 Å². The molecule has 0 amide bonds. The number of hydrogen-bond acceptors (Lipinski definition) is 2. The second-order valence-corrected chi connectivity index (χ2v) is 5.13. The Morgan fingerprint density at radius 2 is 1.60 bits per heavy atom. The number of rotatable bonds is 1. The third-order valence-electron chi connectivity index (χ3n) is 3.62. The lowest BCUT2D eigenvalue weighted by Gasteiger charge is -2.11. The van der Waals surface area contributed by atoms with E-state index < -0.39 is 0 Å². The highest BCUT2D eigenvalue weighted by Crippen LogP contribution is 2.25. The molecule has 1 aromatic carbocycles. The third kappa shape index (κ3) is 1.92. The molecule has 20 heavy (non-hydrogen) atoms. The minimum atomic E-state index is -0.0450. The number of pyridine rings is 1. The molecule has 0 atom stereocenters. The van der Waals surface area contributed by atoms with Crippen molar-refractivity contribution in [2.75, 3.05) is 0 Å². The zero-order valence-corrected chi connectivity index (χ0v) is 11.8. The van der Waals surface area contributed by atoms with Gasteiger partial charge in [0, 0.05) is 17.8 Å². The second-order valence-electron chi connectivity index (χ2n) is 5.13. The van der Waals surface area contributed by atoms with Gasteiger partial charge in [-0.2, -0.15) is 0 Å². The van der Waals surface area contributed by atoms with Crippen LogP contribution in [0.1, 0.15) is 16.7 Å². The number of aromatic nitrogens is 2. The lowest BCUT2D eigenvalue weighted by molar-refractivity contribution is 1.03. The summed E-state index contributed by atoms with van der Waals surface area (Å²) in [5.41, 5.74) is 5.74. The molecule has 2 aromatic heterocycles. The molecule has 3 nitrogen and oxygen atoms in total. The highest BCUT2D eigenvalue weighted by atomic mass is 16.1. The smallest absolute Gasteiger partial charge is 0.258 e. The van der Waals surface area contributed by atoms with Crippen LogP contribution in [0.3, 0.4) is 0 Å². The molecule has 0 saturated heterocycles. The molecule has 0 fully saturated rings. The topological polar surface area (TPSA) is 34.4 Å². The van der Waals surface area contributed by atoms with Crippen LogP contribution >= 0.6 is 0 Å². The Bertz CT molecular complexity index is 842. The molecule has 0 unspecified atom stereocenters. The number of benzene rings is 1. The van der Waals surface area contributed by atoms with Crippen LogP contribution in [0.2, 0.25) is 0 Å². The van der Waals surface area contributed by atoms with Gasteiger partial charge in [0.15, 0.2) is 0 Å². The van der Waals surface area contributed by atoms with E-state index >= 15 is 0 Å². The van der Waals surface area contributed by atoms with Gasteiger partial charge in [0.25, 0.3) is 5.56 Å². The SMILES string of the molecule is Cc1cccc(C)c1-c1cc(=O)n2cccc(C)c2n1. The molecule has 0 saturated carbocycles. The molecule has 0 radical (unpaired) electrons. The molecule has 2 heterocycles. The molecule has 0 aliphatic carbocycles. The highest BCUT2D eigenvalue weighted by molar-refractivity contribution is 5.69. The van der Waals surface area contributed by atoms with Crippen molar-refractivity contribution in [2.24, 2.45) is 0 Å². The van der Waals surface area contributed by atoms with Crippen molar-refractivity contribution in [1.29, 1.82) is 0 Å². The first-order chi connectivity index (χ1) is 9.58. The summed E-state index contributed by atoms with van der Waals surface area (Å²) in [6.07, 6.45) is 1.76. The van der Waals surface area contributed by atoms with Crippen molar-refractivity contribution in [3.8, 4) is 11.3 Å². The van der Waals surface area contributed by atoms with Gasteiger partial charge in [-0.05, 0) is 43.5 Å². The average molecular weight is 264 g/mol. The van der Waals surface area contributed by atoms with Crippen LogP contribution in [0, 0.1) is 20.8 Å². The van der Waals surface area contributed by atoms with E-state index in [1.807, 2.05) is 51.1 Å². The third-order valence-corrected chi connectivity index (χ3v) is 3.62.